The Balaban J connectivity index is 1.27. The number of carbonyl (C=O) groups is 2. The van der Waals surface area contributed by atoms with E-state index in [-0.39, 0.29) is 23.3 Å². The minimum Gasteiger partial charge on any atom is -0.349 e. The summed E-state index contributed by atoms with van der Waals surface area (Å²) in [5.41, 5.74) is 0.638. The van der Waals surface area contributed by atoms with Crippen molar-refractivity contribution in [1.82, 2.24) is 20.2 Å². The molecule has 4 aliphatic carbocycles. The van der Waals surface area contributed by atoms with Crippen LogP contribution in [0.4, 0.5) is 0 Å². The third kappa shape index (κ3) is 3.11. The zero-order valence-corrected chi connectivity index (χ0v) is 16.7. The van der Waals surface area contributed by atoms with Crippen LogP contribution < -0.4 is 5.32 Å². The maximum Gasteiger partial charge on any atom is 0.243 e. The van der Waals surface area contributed by atoms with Crippen LogP contribution in [0.2, 0.25) is 0 Å². The van der Waals surface area contributed by atoms with Crippen LogP contribution in [-0.2, 0) is 16.1 Å². The first-order chi connectivity index (χ1) is 13.5. The minimum absolute atomic E-state index is 0.0353. The first-order valence-corrected chi connectivity index (χ1v) is 10.9. The van der Waals surface area contributed by atoms with Gasteiger partial charge in [-0.05, 0) is 82.1 Å². The molecule has 6 nitrogen and oxygen atoms in total. The van der Waals surface area contributed by atoms with Crippen LogP contribution in [0, 0.1) is 30.1 Å². The van der Waals surface area contributed by atoms with Crippen LogP contribution in [0.5, 0.6) is 0 Å². The monoisotopic (exact) mass is 382 g/mol. The van der Waals surface area contributed by atoms with Gasteiger partial charge in [-0.1, -0.05) is 0 Å². The summed E-state index contributed by atoms with van der Waals surface area (Å²) in [6.45, 7) is 2.96. The second kappa shape index (κ2) is 6.82. The highest BCUT2D eigenvalue weighted by Crippen LogP contribution is 2.60. The van der Waals surface area contributed by atoms with Gasteiger partial charge in [-0.3, -0.25) is 9.59 Å². The van der Waals surface area contributed by atoms with Gasteiger partial charge < -0.3 is 10.2 Å². The van der Waals surface area contributed by atoms with E-state index in [4.69, 9.17) is 0 Å². The zero-order chi connectivity index (χ0) is 19.3. The van der Waals surface area contributed by atoms with Crippen molar-refractivity contribution in [1.29, 1.82) is 0 Å². The number of hydrogen-bond donors (Lipinski definition) is 1. The maximum absolute atomic E-state index is 13.7. The summed E-state index contributed by atoms with van der Waals surface area (Å²) < 4.78 is 0. The van der Waals surface area contributed by atoms with E-state index in [1.807, 2.05) is 17.9 Å². The summed E-state index contributed by atoms with van der Waals surface area (Å²) >= 11 is 0. The third-order valence-electron chi connectivity index (χ3n) is 7.59. The lowest BCUT2D eigenvalue weighted by molar-refractivity contribution is -0.160. The van der Waals surface area contributed by atoms with E-state index in [1.54, 1.807) is 6.20 Å². The predicted molar refractivity (Wildman–Crippen MR) is 104 cm³/mol. The molecular formula is C22H30N4O2. The molecule has 28 heavy (non-hydrogen) atoms. The number of carbonyl (C=O) groups excluding carboxylic acids is 2. The molecule has 1 N–H and O–H groups in total. The number of rotatable bonds is 4. The molecule has 1 saturated heterocycles. The lowest BCUT2D eigenvalue weighted by atomic mass is 9.49. The Labute approximate surface area is 166 Å². The van der Waals surface area contributed by atoms with Gasteiger partial charge in [0.1, 0.15) is 11.9 Å². The normalized spacial score (nSPS) is 36.0. The van der Waals surface area contributed by atoms with Crippen LogP contribution in [0.15, 0.2) is 12.3 Å². The number of aryl methyl sites for hydroxylation is 1. The molecule has 2 heterocycles. The van der Waals surface area contributed by atoms with Crippen LogP contribution >= 0.6 is 0 Å². The first kappa shape index (κ1) is 18.1. The summed E-state index contributed by atoms with van der Waals surface area (Å²) in [7, 11) is 0. The van der Waals surface area contributed by atoms with Gasteiger partial charge >= 0.3 is 0 Å². The van der Waals surface area contributed by atoms with Crippen molar-refractivity contribution in [3.63, 3.8) is 0 Å². The number of amides is 2. The average molecular weight is 383 g/mol. The fourth-order valence-electron chi connectivity index (χ4n) is 6.86. The Morgan fingerprint density at radius 1 is 1.18 bits per heavy atom. The molecule has 6 heteroatoms. The van der Waals surface area contributed by atoms with E-state index in [9.17, 15) is 9.59 Å². The predicted octanol–water partition coefficient (Wildman–Crippen LogP) is 2.61. The summed E-state index contributed by atoms with van der Waals surface area (Å²) in [6, 6.07) is 1.50. The van der Waals surface area contributed by atoms with E-state index in [0.717, 1.165) is 62.1 Å². The van der Waals surface area contributed by atoms with E-state index in [1.165, 1.54) is 19.3 Å². The fourth-order valence-corrected chi connectivity index (χ4v) is 6.86. The molecule has 4 saturated carbocycles. The van der Waals surface area contributed by atoms with Crippen molar-refractivity contribution < 1.29 is 9.59 Å². The summed E-state index contributed by atoms with van der Waals surface area (Å²) in [5, 5.41) is 3.00. The number of likely N-dealkylation sites (tertiary alicyclic amines) is 1. The molecule has 5 fully saturated rings. The smallest absolute Gasteiger partial charge is 0.243 e. The number of nitrogens with zero attached hydrogens (tertiary/aromatic N) is 3. The van der Waals surface area contributed by atoms with Gasteiger partial charge in [-0.25, -0.2) is 9.97 Å². The lowest BCUT2D eigenvalue weighted by Gasteiger charge is -2.56. The number of hydrogen-bond acceptors (Lipinski definition) is 4. The van der Waals surface area contributed by atoms with Crippen molar-refractivity contribution in [3.8, 4) is 0 Å². The zero-order valence-electron chi connectivity index (χ0n) is 16.7. The largest absolute Gasteiger partial charge is 0.349 e. The van der Waals surface area contributed by atoms with Crippen LogP contribution in [0.3, 0.4) is 0 Å². The van der Waals surface area contributed by atoms with Gasteiger partial charge in [-0.2, -0.15) is 0 Å². The topological polar surface area (TPSA) is 75.2 Å². The minimum atomic E-state index is -0.316. The highest BCUT2D eigenvalue weighted by atomic mass is 16.2. The summed E-state index contributed by atoms with van der Waals surface area (Å²) in [5.74, 6) is 3.17. The number of aromatic nitrogens is 2. The Bertz CT molecular complexity index is 757. The molecule has 1 aliphatic heterocycles. The maximum atomic E-state index is 13.7. The Kier molecular flexibility index (Phi) is 4.40. The molecule has 5 aliphatic rings. The SMILES string of the molecule is Cc1nccc(CNC(=O)C2CCCN2C(=O)C23CC4CC(CC(C4)C2)C3)n1. The Hall–Kier alpha value is -1.98. The molecular weight excluding hydrogens is 352 g/mol. The van der Waals surface area contributed by atoms with Gasteiger partial charge in [0.2, 0.25) is 11.8 Å². The van der Waals surface area contributed by atoms with Crippen LogP contribution in [-0.4, -0.2) is 39.3 Å². The standard InChI is InChI=1S/C22H30N4O2/c1-14-23-5-4-18(25-14)13-24-20(27)19-3-2-6-26(19)21(28)22-10-15-7-16(11-22)9-17(8-15)12-22/h4-5,15-17,19H,2-3,6-13H2,1H3,(H,24,27). The van der Waals surface area contributed by atoms with E-state index < -0.39 is 0 Å². The van der Waals surface area contributed by atoms with Crippen LogP contribution in [0.1, 0.15) is 62.9 Å². The quantitative estimate of drug-likeness (QED) is 0.869. The number of nitrogens with one attached hydrogen (secondary N) is 1. The van der Waals surface area contributed by atoms with Gasteiger partial charge in [0, 0.05) is 12.7 Å². The molecule has 150 valence electrons. The average Bonchev–Trinajstić information content (AvgIpc) is 3.14. The van der Waals surface area contributed by atoms with Crippen molar-refractivity contribution in [2.75, 3.05) is 6.54 Å². The molecule has 0 aromatic carbocycles. The van der Waals surface area contributed by atoms with Crippen LogP contribution in [0.25, 0.3) is 0 Å². The molecule has 6 rings (SSSR count). The van der Waals surface area contributed by atoms with Gasteiger partial charge in [0.05, 0.1) is 17.7 Å². The first-order valence-electron chi connectivity index (χ1n) is 10.9. The van der Waals surface area contributed by atoms with Gasteiger partial charge in [-0.15, -0.1) is 0 Å². The second-order valence-corrected chi connectivity index (χ2v) is 9.67. The Morgan fingerprint density at radius 3 is 2.50 bits per heavy atom. The lowest BCUT2D eigenvalue weighted by Crippen LogP contribution is -2.57. The molecule has 0 radical (unpaired) electrons. The molecule has 2 amide bonds. The van der Waals surface area contributed by atoms with Gasteiger partial charge in [0.15, 0.2) is 0 Å². The van der Waals surface area contributed by atoms with E-state index in [0.29, 0.717) is 12.4 Å². The van der Waals surface area contributed by atoms with Crippen molar-refractivity contribution >= 4 is 11.8 Å². The van der Waals surface area contributed by atoms with Crippen molar-refractivity contribution in [3.05, 3.63) is 23.8 Å². The van der Waals surface area contributed by atoms with E-state index >= 15 is 0 Å². The Morgan fingerprint density at radius 2 is 1.86 bits per heavy atom. The molecule has 0 spiro atoms. The van der Waals surface area contributed by atoms with E-state index in [2.05, 4.69) is 15.3 Å². The third-order valence-corrected chi connectivity index (χ3v) is 7.59. The van der Waals surface area contributed by atoms with Crippen molar-refractivity contribution in [2.24, 2.45) is 23.2 Å². The fraction of sp³-hybridized carbons (Fsp3) is 0.727. The molecule has 1 aromatic rings. The molecule has 4 bridgehead atoms. The molecule has 1 aromatic heterocycles. The highest BCUT2D eigenvalue weighted by molar-refractivity contribution is 5.91. The summed E-state index contributed by atoms with van der Waals surface area (Å²) in [4.78, 5) is 36.9. The second-order valence-electron chi connectivity index (χ2n) is 9.67. The highest BCUT2D eigenvalue weighted by Gasteiger charge is 2.56. The molecule has 1 atom stereocenters. The van der Waals surface area contributed by atoms with Gasteiger partial charge in [0.25, 0.3) is 0 Å². The van der Waals surface area contributed by atoms with Crippen molar-refractivity contribution in [2.45, 2.75) is 70.9 Å². The molecule has 1 unspecified atom stereocenters. The summed E-state index contributed by atoms with van der Waals surface area (Å²) in [6.07, 6.45) is 10.6.